The van der Waals surface area contributed by atoms with E-state index in [0.29, 0.717) is 36.7 Å². The molecule has 0 radical (unpaired) electrons. The average Bonchev–Trinajstić information content (AvgIpc) is 3.41. The van der Waals surface area contributed by atoms with Crippen LogP contribution in [0.15, 0.2) is 48.5 Å². The number of fused-ring (bicyclic) bond motifs is 1. The van der Waals surface area contributed by atoms with Crippen LogP contribution in [0.5, 0.6) is 11.5 Å². The van der Waals surface area contributed by atoms with Crippen molar-refractivity contribution in [3.05, 3.63) is 65.4 Å². The zero-order valence-electron chi connectivity index (χ0n) is 21.5. The van der Waals surface area contributed by atoms with Crippen molar-refractivity contribution < 1.29 is 19.4 Å². The molecule has 0 fully saturated rings. The van der Waals surface area contributed by atoms with Gasteiger partial charge in [0, 0.05) is 24.3 Å². The molecule has 1 aliphatic heterocycles. The number of nitrogens with one attached hydrogen (secondary N) is 1. The lowest BCUT2D eigenvalue weighted by Gasteiger charge is -2.26. The SMILES string of the molecule is CCCCCCOc1ccc(C2c3c(-c4ccccc4O)n[nH]c3C(=O)N2CCCOC(C)C)cc1. The number of aromatic hydroxyl groups is 1. The summed E-state index contributed by atoms with van der Waals surface area (Å²) in [7, 11) is 0. The molecule has 1 atom stereocenters. The van der Waals surface area contributed by atoms with Crippen LogP contribution >= 0.6 is 0 Å². The summed E-state index contributed by atoms with van der Waals surface area (Å²) in [5, 5.41) is 17.9. The Balaban J connectivity index is 1.61. The van der Waals surface area contributed by atoms with Crippen molar-refractivity contribution in [2.45, 2.75) is 65.0 Å². The van der Waals surface area contributed by atoms with Gasteiger partial charge in [-0.2, -0.15) is 5.10 Å². The van der Waals surface area contributed by atoms with Gasteiger partial charge in [-0.15, -0.1) is 0 Å². The third-order valence-corrected chi connectivity index (χ3v) is 6.48. The van der Waals surface area contributed by atoms with Gasteiger partial charge in [0.1, 0.15) is 22.9 Å². The maximum atomic E-state index is 13.5. The number of nitrogens with zero attached hydrogens (tertiary/aromatic N) is 2. The Morgan fingerprint density at radius 3 is 2.53 bits per heavy atom. The number of rotatable bonds is 13. The highest BCUT2D eigenvalue weighted by Gasteiger charge is 2.42. The number of carbonyl (C=O) groups excluding carboxylic acids is 1. The van der Waals surface area contributed by atoms with Crippen molar-refractivity contribution in [1.82, 2.24) is 15.1 Å². The van der Waals surface area contributed by atoms with Gasteiger partial charge in [-0.25, -0.2) is 0 Å². The Labute approximate surface area is 213 Å². The van der Waals surface area contributed by atoms with Crippen molar-refractivity contribution in [2.75, 3.05) is 19.8 Å². The second-order valence-corrected chi connectivity index (χ2v) is 9.53. The number of ether oxygens (including phenoxy) is 2. The minimum Gasteiger partial charge on any atom is -0.507 e. The smallest absolute Gasteiger partial charge is 0.273 e. The molecule has 0 saturated carbocycles. The molecule has 2 heterocycles. The largest absolute Gasteiger partial charge is 0.507 e. The number of phenols is 1. The van der Waals surface area contributed by atoms with Crippen molar-refractivity contribution in [2.24, 2.45) is 0 Å². The number of aromatic nitrogens is 2. The first kappa shape index (κ1) is 25.8. The predicted molar refractivity (Wildman–Crippen MR) is 140 cm³/mol. The Bertz CT molecular complexity index is 1140. The third-order valence-electron chi connectivity index (χ3n) is 6.48. The molecule has 7 heteroatoms. The molecule has 1 unspecified atom stereocenters. The lowest BCUT2D eigenvalue weighted by atomic mass is 9.95. The Morgan fingerprint density at radius 1 is 1.03 bits per heavy atom. The summed E-state index contributed by atoms with van der Waals surface area (Å²) < 4.78 is 11.6. The van der Waals surface area contributed by atoms with Crippen LogP contribution in [0.25, 0.3) is 11.3 Å². The number of amides is 1. The van der Waals surface area contributed by atoms with Gasteiger partial charge in [0.15, 0.2) is 0 Å². The highest BCUT2D eigenvalue weighted by molar-refractivity contribution is 6.00. The first-order valence-corrected chi connectivity index (χ1v) is 13.0. The fourth-order valence-electron chi connectivity index (χ4n) is 4.67. The van der Waals surface area contributed by atoms with Crippen molar-refractivity contribution in [1.29, 1.82) is 0 Å². The van der Waals surface area contributed by atoms with Crippen LogP contribution in [0, 0.1) is 0 Å². The molecule has 0 spiro atoms. The second kappa shape index (κ2) is 12.1. The highest BCUT2D eigenvalue weighted by Crippen LogP contribution is 2.44. The molecule has 2 aromatic carbocycles. The number of phenolic OH excluding ortho intramolecular Hbond substituents is 1. The molecule has 1 aliphatic rings. The number of carbonyl (C=O) groups is 1. The van der Waals surface area contributed by atoms with E-state index in [4.69, 9.17) is 9.47 Å². The van der Waals surface area contributed by atoms with E-state index in [0.717, 1.165) is 29.7 Å². The molecule has 0 bridgehead atoms. The number of benzene rings is 2. The molecule has 1 amide bonds. The van der Waals surface area contributed by atoms with E-state index in [1.54, 1.807) is 12.1 Å². The molecule has 192 valence electrons. The Morgan fingerprint density at radius 2 is 1.81 bits per heavy atom. The van der Waals surface area contributed by atoms with E-state index in [9.17, 15) is 9.90 Å². The van der Waals surface area contributed by atoms with Gasteiger partial charge in [-0.1, -0.05) is 50.5 Å². The zero-order valence-corrected chi connectivity index (χ0v) is 21.5. The summed E-state index contributed by atoms with van der Waals surface area (Å²) in [6, 6.07) is 14.7. The molecule has 36 heavy (non-hydrogen) atoms. The Kier molecular flexibility index (Phi) is 8.65. The summed E-state index contributed by atoms with van der Waals surface area (Å²) in [6.45, 7) is 8.04. The van der Waals surface area contributed by atoms with Gasteiger partial charge in [-0.05, 0) is 56.5 Å². The minimum absolute atomic E-state index is 0.0926. The third kappa shape index (κ3) is 5.73. The lowest BCUT2D eigenvalue weighted by Crippen LogP contribution is -2.31. The standard InChI is InChI=1S/C29H37N3O4/c1-4-5-6-9-18-36-22-15-13-21(14-16-22)28-25-26(23-11-7-8-12-24(23)33)30-31-27(25)29(34)32(28)17-10-19-35-20(2)3/h7-8,11-16,20,28,33H,4-6,9-10,17-19H2,1-3H3,(H,30,31). The summed E-state index contributed by atoms with van der Waals surface area (Å²) in [4.78, 5) is 15.3. The first-order chi connectivity index (χ1) is 17.5. The summed E-state index contributed by atoms with van der Waals surface area (Å²) in [5.41, 5.74) is 3.44. The molecular weight excluding hydrogens is 454 g/mol. The Hall–Kier alpha value is -3.32. The molecule has 7 nitrogen and oxygen atoms in total. The lowest BCUT2D eigenvalue weighted by molar-refractivity contribution is 0.0601. The zero-order chi connectivity index (χ0) is 25.5. The summed E-state index contributed by atoms with van der Waals surface area (Å²) >= 11 is 0. The molecule has 3 aromatic rings. The van der Waals surface area contributed by atoms with E-state index in [-0.39, 0.29) is 23.8 Å². The van der Waals surface area contributed by atoms with Gasteiger partial charge in [0.05, 0.1) is 18.8 Å². The van der Waals surface area contributed by atoms with Crippen LogP contribution in [0.2, 0.25) is 0 Å². The summed E-state index contributed by atoms with van der Waals surface area (Å²) in [6.07, 6.45) is 5.52. The van der Waals surface area contributed by atoms with Crippen LogP contribution in [-0.4, -0.2) is 52.0 Å². The molecule has 2 N–H and O–H groups in total. The van der Waals surface area contributed by atoms with Gasteiger partial charge in [0.25, 0.3) is 5.91 Å². The van der Waals surface area contributed by atoms with Gasteiger partial charge in [0.2, 0.25) is 0 Å². The predicted octanol–water partition coefficient (Wildman–Crippen LogP) is 6.10. The van der Waals surface area contributed by atoms with Crippen LogP contribution in [0.3, 0.4) is 0 Å². The number of hydrogen-bond donors (Lipinski definition) is 2. The molecule has 1 aromatic heterocycles. The van der Waals surface area contributed by atoms with Gasteiger partial charge >= 0.3 is 0 Å². The quantitative estimate of drug-likeness (QED) is 0.282. The van der Waals surface area contributed by atoms with E-state index in [2.05, 4.69) is 17.1 Å². The molecule has 4 rings (SSSR count). The maximum Gasteiger partial charge on any atom is 0.273 e. The number of aromatic amines is 1. The normalized spacial score (nSPS) is 15.1. The van der Waals surface area contributed by atoms with E-state index in [1.807, 2.05) is 55.1 Å². The van der Waals surface area contributed by atoms with Crippen LogP contribution < -0.4 is 4.74 Å². The number of unbranched alkanes of at least 4 members (excludes halogenated alkanes) is 3. The monoisotopic (exact) mass is 491 g/mol. The van der Waals surface area contributed by atoms with Crippen molar-refractivity contribution >= 4 is 5.91 Å². The maximum absolute atomic E-state index is 13.5. The molecule has 0 aliphatic carbocycles. The van der Waals surface area contributed by atoms with Crippen molar-refractivity contribution in [3.8, 4) is 22.8 Å². The topological polar surface area (TPSA) is 87.7 Å². The van der Waals surface area contributed by atoms with E-state index >= 15 is 0 Å². The fraction of sp³-hybridized carbons (Fsp3) is 0.448. The number of hydrogen-bond acceptors (Lipinski definition) is 5. The van der Waals surface area contributed by atoms with E-state index < -0.39 is 0 Å². The fourth-order valence-corrected chi connectivity index (χ4v) is 4.67. The minimum atomic E-state index is -0.321. The number of para-hydroxylation sites is 1. The molecular formula is C29H37N3O4. The second-order valence-electron chi connectivity index (χ2n) is 9.53. The van der Waals surface area contributed by atoms with Crippen LogP contribution in [-0.2, 0) is 4.74 Å². The first-order valence-electron chi connectivity index (χ1n) is 13.0. The van der Waals surface area contributed by atoms with Gasteiger partial charge < -0.3 is 19.5 Å². The summed E-state index contributed by atoms with van der Waals surface area (Å²) in [5.74, 6) is 0.864. The molecule has 0 saturated heterocycles. The average molecular weight is 492 g/mol. The van der Waals surface area contributed by atoms with Gasteiger partial charge in [-0.3, -0.25) is 9.89 Å². The van der Waals surface area contributed by atoms with Crippen molar-refractivity contribution in [3.63, 3.8) is 0 Å². The number of H-pyrrole nitrogens is 1. The van der Waals surface area contributed by atoms with E-state index in [1.165, 1.54) is 19.3 Å². The highest BCUT2D eigenvalue weighted by atomic mass is 16.5. The van der Waals surface area contributed by atoms with Crippen LogP contribution in [0.1, 0.15) is 80.5 Å². The van der Waals surface area contributed by atoms with Crippen LogP contribution in [0.4, 0.5) is 0 Å².